The Bertz CT molecular complexity index is 512. The van der Waals surface area contributed by atoms with Gasteiger partial charge in [0.1, 0.15) is 5.01 Å². The van der Waals surface area contributed by atoms with Crippen LogP contribution in [0.5, 0.6) is 0 Å². The number of rotatable bonds is 2. The SMILES string of the molecule is CC(O)c1csc(-c2cccc(Cl)c2F)n1. The minimum Gasteiger partial charge on any atom is -0.387 e. The first-order chi connectivity index (χ1) is 7.59. The van der Waals surface area contributed by atoms with Gasteiger partial charge in [-0.3, -0.25) is 0 Å². The average molecular weight is 258 g/mol. The minimum atomic E-state index is -0.646. The van der Waals surface area contributed by atoms with E-state index in [4.69, 9.17) is 11.6 Å². The maximum absolute atomic E-state index is 13.7. The van der Waals surface area contributed by atoms with Crippen LogP contribution in [0.4, 0.5) is 4.39 Å². The molecule has 0 aliphatic rings. The van der Waals surface area contributed by atoms with Gasteiger partial charge in [-0.2, -0.15) is 0 Å². The van der Waals surface area contributed by atoms with E-state index < -0.39 is 11.9 Å². The van der Waals surface area contributed by atoms with Crippen molar-refractivity contribution < 1.29 is 9.50 Å². The third-order valence-electron chi connectivity index (χ3n) is 2.13. The molecule has 0 saturated carbocycles. The van der Waals surface area contributed by atoms with Gasteiger partial charge in [-0.25, -0.2) is 9.37 Å². The van der Waals surface area contributed by atoms with Crippen LogP contribution in [0.1, 0.15) is 18.7 Å². The van der Waals surface area contributed by atoms with Crippen LogP contribution >= 0.6 is 22.9 Å². The Morgan fingerprint density at radius 3 is 2.88 bits per heavy atom. The van der Waals surface area contributed by atoms with Crippen molar-refractivity contribution in [3.05, 3.63) is 40.1 Å². The lowest BCUT2D eigenvalue weighted by atomic mass is 10.2. The topological polar surface area (TPSA) is 33.1 Å². The molecular weight excluding hydrogens is 249 g/mol. The van der Waals surface area contributed by atoms with Crippen molar-refractivity contribution >= 4 is 22.9 Å². The van der Waals surface area contributed by atoms with Gasteiger partial charge in [0.05, 0.1) is 16.8 Å². The van der Waals surface area contributed by atoms with Gasteiger partial charge in [0, 0.05) is 10.9 Å². The lowest BCUT2D eigenvalue weighted by Gasteiger charge is -2.00. The largest absolute Gasteiger partial charge is 0.387 e. The fourth-order valence-corrected chi connectivity index (χ4v) is 2.37. The second kappa shape index (κ2) is 4.49. The zero-order chi connectivity index (χ0) is 11.7. The highest BCUT2D eigenvalue weighted by Crippen LogP contribution is 2.31. The molecule has 2 rings (SSSR count). The van der Waals surface area contributed by atoms with Crippen LogP contribution in [-0.4, -0.2) is 10.1 Å². The molecule has 1 N–H and O–H groups in total. The van der Waals surface area contributed by atoms with Crippen molar-refractivity contribution in [3.8, 4) is 10.6 Å². The Morgan fingerprint density at radius 2 is 2.25 bits per heavy atom. The quantitative estimate of drug-likeness (QED) is 0.891. The van der Waals surface area contributed by atoms with E-state index in [0.717, 1.165) is 0 Å². The third-order valence-corrected chi connectivity index (χ3v) is 3.32. The Balaban J connectivity index is 2.47. The van der Waals surface area contributed by atoms with E-state index in [2.05, 4.69) is 4.98 Å². The van der Waals surface area contributed by atoms with E-state index in [0.29, 0.717) is 16.3 Å². The summed E-state index contributed by atoms with van der Waals surface area (Å²) in [6.45, 7) is 1.62. The molecule has 16 heavy (non-hydrogen) atoms. The maximum Gasteiger partial charge on any atom is 0.152 e. The molecule has 84 valence electrons. The molecule has 0 fully saturated rings. The predicted octanol–water partition coefficient (Wildman–Crippen LogP) is 3.66. The van der Waals surface area contributed by atoms with Gasteiger partial charge in [-0.1, -0.05) is 17.7 Å². The van der Waals surface area contributed by atoms with Gasteiger partial charge in [-0.15, -0.1) is 11.3 Å². The Morgan fingerprint density at radius 1 is 1.50 bits per heavy atom. The third kappa shape index (κ3) is 2.09. The molecule has 0 aliphatic carbocycles. The van der Waals surface area contributed by atoms with E-state index >= 15 is 0 Å². The zero-order valence-electron chi connectivity index (χ0n) is 8.45. The van der Waals surface area contributed by atoms with Gasteiger partial charge in [0.25, 0.3) is 0 Å². The van der Waals surface area contributed by atoms with Gasteiger partial charge in [-0.05, 0) is 19.1 Å². The summed E-state index contributed by atoms with van der Waals surface area (Å²) in [5, 5.41) is 11.6. The minimum absolute atomic E-state index is 0.0753. The first-order valence-electron chi connectivity index (χ1n) is 4.67. The summed E-state index contributed by atoms with van der Waals surface area (Å²) in [4.78, 5) is 4.15. The lowest BCUT2D eigenvalue weighted by Crippen LogP contribution is -1.91. The number of hydrogen-bond acceptors (Lipinski definition) is 3. The average Bonchev–Trinajstić information content (AvgIpc) is 2.71. The number of hydrogen-bond donors (Lipinski definition) is 1. The fraction of sp³-hybridized carbons (Fsp3) is 0.182. The van der Waals surface area contributed by atoms with Crippen LogP contribution in [0.2, 0.25) is 5.02 Å². The number of thiazole rings is 1. The smallest absolute Gasteiger partial charge is 0.152 e. The van der Waals surface area contributed by atoms with E-state index in [1.807, 2.05) is 0 Å². The van der Waals surface area contributed by atoms with Crippen LogP contribution in [0.15, 0.2) is 23.6 Å². The summed E-state index contributed by atoms with van der Waals surface area (Å²) in [7, 11) is 0. The van der Waals surface area contributed by atoms with Crippen LogP contribution in [0, 0.1) is 5.82 Å². The monoisotopic (exact) mass is 257 g/mol. The van der Waals surface area contributed by atoms with Gasteiger partial charge in [0.15, 0.2) is 5.82 Å². The molecule has 1 heterocycles. The van der Waals surface area contributed by atoms with Crippen LogP contribution in [0.25, 0.3) is 10.6 Å². The molecule has 0 radical (unpaired) electrons. The maximum atomic E-state index is 13.7. The highest BCUT2D eigenvalue weighted by Gasteiger charge is 2.13. The van der Waals surface area contributed by atoms with Crippen LogP contribution in [0.3, 0.4) is 0 Å². The van der Waals surface area contributed by atoms with E-state index in [1.54, 1.807) is 24.4 Å². The lowest BCUT2D eigenvalue weighted by molar-refractivity contribution is 0.195. The number of aliphatic hydroxyl groups excluding tert-OH is 1. The predicted molar refractivity (Wildman–Crippen MR) is 63.2 cm³/mol. The van der Waals surface area contributed by atoms with E-state index in [9.17, 15) is 9.50 Å². The van der Waals surface area contributed by atoms with Crippen molar-refractivity contribution in [3.63, 3.8) is 0 Å². The Kier molecular flexibility index (Phi) is 3.23. The zero-order valence-corrected chi connectivity index (χ0v) is 10.0. The summed E-state index contributed by atoms with van der Waals surface area (Å²) in [5.41, 5.74) is 0.906. The molecule has 2 nitrogen and oxygen atoms in total. The first-order valence-corrected chi connectivity index (χ1v) is 5.93. The number of halogens is 2. The second-order valence-electron chi connectivity index (χ2n) is 3.35. The summed E-state index contributed by atoms with van der Waals surface area (Å²) in [5.74, 6) is -0.476. The van der Waals surface area contributed by atoms with Crippen molar-refractivity contribution in [2.75, 3.05) is 0 Å². The molecule has 1 atom stereocenters. The summed E-state index contributed by atoms with van der Waals surface area (Å²) in [6, 6.07) is 4.78. The fourth-order valence-electron chi connectivity index (χ4n) is 1.27. The van der Waals surface area contributed by atoms with E-state index in [-0.39, 0.29) is 5.02 Å². The first kappa shape index (κ1) is 11.5. The van der Waals surface area contributed by atoms with E-state index in [1.165, 1.54) is 17.4 Å². The van der Waals surface area contributed by atoms with Gasteiger partial charge >= 0.3 is 0 Å². The standard InChI is InChI=1S/C11H9ClFNOS/c1-6(15)9-5-16-11(14-9)7-3-2-4-8(12)10(7)13/h2-6,15H,1H3. The van der Waals surface area contributed by atoms with Crippen LogP contribution in [-0.2, 0) is 0 Å². The molecule has 5 heteroatoms. The molecule has 2 aromatic rings. The molecule has 0 spiro atoms. The molecular formula is C11H9ClFNOS. The number of aliphatic hydroxyl groups is 1. The van der Waals surface area contributed by atoms with Crippen molar-refractivity contribution in [1.29, 1.82) is 0 Å². The molecule has 1 aromatic carbocycles. The normalized spacial score (nSPS) is 12.8. The number of benzene rings is 1. The van der Waals surface area contributed by atoms with Crippen LogP contribution < -0.4 is 0 Å². The number of aromatic nitrogens is 1. The van der Waals surface area contributed by atoms with Crippen molar-refractivity contribution in [1.82, 2.24) is 4.98 Å². The molecule has 0 amide bonds. The Labute approximate surface area is 101 Å². The highest BCUT2D eigenvalue weighted by atomic mass is 35.5. The highest BCUT2D eigenvalue weighted by molar-refractivity contribution is 7.13. The molecule has 0 saturated heterocycles. The van der Waals surface area contributed by atoms with Crippen molar-refractivity contribution in [2.24, 2.45) is 0 Å². The molecule has 0 aliphatic heterocycles. The molecule has 0 bridgehead atoms. The summed E-state index contributed by atoms with van der Waals surface area (Å²) < 4.78 is 13.7. The molecule has 1 aromatic heterocycles. The van der Waals surface area contributed by atoms with Gasteiger partial charge < -0.3 is 5.11 Å². The second-order valence-corrected chi connectivity index (χ2v) is 4.62. The Hall–Kier alpha value is -0.970. The van der Waals surface area contributed by atoms with Crippen molar-refractivity contribution in [2.45, 2.75) is 13.0 Å². The molecule has 1 unspecified atom stereocenters. The summed E-state index contributed by atoms with van der Waals surface area (Å²) in [6.07, 6.45) is -0.646. The summed E-state index contributed by atoms with van der Waals surface area (Å²) >= 11 is 6.97. The van der Waals surface area contributed by atoms with Gasteiger partial charge in [0.2, 0.25) is 0 Å². The number of nitrogens with zero attached hydrogens (tertiary/aromatic N) is 1.